The van der Waals surface area contributed by atoms with Crippen molar-refractivity contribution < 1.29 is 12.8 Å². The minimum absolute atomic E-state index is 0.111. The first-order valence-electron chi connectivity index (χ1n) is 4.33. The molecule has 0 radical (unpaired) electrons. The number of aromatic nitrogens is 2. The molecule has 0 aliphatic rings. The van der Waals surface area contributed by atoms with Crippen molar-refractivity contribution in [3.8, 4) is 0 Å². The van der Waals surface area contributed by atoms with Crippen molar-refractivity contribution in [2.45, 2.75) is 4.90 Å². The lowest BCUT2D eigenvalue weighted by atomic mass is 10.3. The molecular formula is C8H7FN4O2S2. The SMILES string of the molecule is Nc1ccc(S(=O)(=O)Nc2nncs2)cc1F. The predicted octanol–water partition coefficient (Wildman–Crippen LogP) is 1.06. The Bertz CT molecular complexity index is 627. The van der Waals surface area contributed by atoms with Gasteiger partial charge in [-0.05, 0) is 18.2 Å². The maximum atomic E-state index is 13.1. The van der Waals surface area contributed by atoms with Gasteiger partial charge in [-0.25, -0.2) is 12.8 Å². The Morgan fingerprint density at radius 1 is 1.41 bits per heavy atom. The summed E-state index contributed by atoms with van der Waals surface area (Å²) >= 11 is 1.02. The highest BCUT2D eigenvalue weighted by molar-refractivity contribution is 7.93. The Morgan fingerprint density at radius 2 is 2.18 bits per heavy atom. The lowest BCUT2D eigenvalue weighted by Crippen LogP contribution is -2.13. The summed E-state index contributed by atoms with van der Waals surface area (Å²) in [7, 11) is -3.86. The Labute approximate surface area is 100 Å². The van der Waals surface area contributed by atoms with Crippen molar-refractivity contribution in [3.05, 3.63) is 29.5 Å². The Hall–Kier alpha value is -1.74. The second-order valence-electron chi connectivity index (χ2n) is 3.03. The molecule has 0 saturated carbocycles. The van der Waals surface area contributed by atoms with Gasteiger partial charge in [0.25, 0.3) is 10.0 Å². The van der Waals surface area contributed by atoms with Gasteiger partial charge in [0.15, 0.2) is 0 Å². The molecule has 3 N–H and O–H groups in total. The van der Waals surface area contributed by atoms with E-state index in [9.17, 15) is 12.8 Å². The average Bonchev–Trinajstić information content (AvgIpc) is 2.73. The number of sulfonamides is 1. The van der Waals surface area contributed by atoms with Gasteiger partial charge in [0.2, 0.25) is 5.13 Å². The fourth-order valence-electron chi connectivity index (χ4n) is 1.07. The zero-order chi connectivity index (χ0) is 12.5. The molecule has 0 atom stereocenters. The second kappa shape index (κ2) is 4.26. The fourth-order valence-corrected chi connectivity index (χ4v) is 2.77. The quantitative estimate of drug-likeness (QED) is 0.815. The van der Waals surface area contributed by atoms with Crippen molar-refractivity contribution in [1.29, 1.82) is 0 Å². The largest absolute Gasteiger partial charge is 0.396 e. The van der Waals surface area contributed by atoms with Crippen molar-refractivity contribution in [1.82, 2.24) is 10.2 Å². The van der Waals surface area contributed by atoms with Crippen LogP contribution in [0.1, 0.15) is 0 Å². The third kappa shape index (κ3) is 2.50. The molecule has 0 saturated heterocycles. The van der Waals surface area contributed by atoms with Crippen molar-refractivity contribution in [3.63, 3.8) is 0 Å². The van der Waals surface area contributed by atoms with Gasteiger partial charge in [-0.2, -0.15) is 0 Å². The smallest absolute Gasteiger partial charge is 0.263 e. The summed E-state index contributed by atoms with van der Waals surface area (Å²) in [5.41, 5.74) is 6.52. The Morgan fingerprint density at radius 3 is 2.76 bits per heavy atom. The van der Waals surface area contributed by atoms with Crippen LogP contribution in [-0.4, -0.2) is 18.6 Å². The first-order chi connectivity index (χ1) is 7.99. The summed E-state index contributed by atoms with van der Waals surface area (Å²) < 4.78 is 38.9. The molecule has 0 aliphatic carbocycles. The zero-order valence-corrected chi connectivity index (χ0v) is 9.93. The summed E-state index contributed by atoms with van der Waals surface area (Å²) in [6, 6.07) is 3.24. The van der Waals surface area contributed by atoms with Gasteiger partial charge >= 0.3 is 0 Å². The maximum absolute atomic E-state index is 13.1. The number of hydrogen-bond donors (Lipinski definition) is 2. The first kappa shape index (κ1) is 11.7. The van der Waals surface area contributed by atoms with E-state index in [2.05, 4.69) is 14.9 Å². The fraction of sp³-hybridized carbons (Fsp3) is 0. The Kier molecular flexibility index (Phi) is 2.94. The van der Waals surface area contributed by atoms with Crippen LogP contribution in [0.2, 0.25) is 0 Å². The monoisotopic (exact) mass is 274 g/mol. The molecule has 2 aromatic rings. The van der Waals surface area contributed by atoms with Crippen molar-refractivity contribution in [2.75, 3.05) is 10.5 Å². The molecule has 0 fully saturated rings. The second-order valence-corrected chi connectivity index (χ2v) is 5.55. The van der Waals surface area contributed by atoms with E-state index in [-0.39, 0.29) is 15.7 Å². The van der Waals surface area contributed by atoms with E-state index in [4.69, 9.17) is 5.73 Å². The van der Waals surface area contributed by atoms with Crippen molar-refractivity contribution >= 4 is 32.2 Å². The molecule has 0 spiro atoms. The van der Waals surface area contributed by atoms with Gasteiger partial charge in [0.05, 0.1) is 10.6 Å². The number of rotatable bonds is 3. The highest BCUT2D eigenvalue weighted by Gasteiger charge is 2.17. The van der Waals surface area contributed by atoms with Crippen LogP contribution in [0, 0.1) is 5.82 Å². The molecule has 0 amide bonds. The maximum Gasteiger partial charge on any atom is 0.263 e. The molecule has 2 rings (SSSR count). The standard InChI is InChI=1S/C8H7FN4O2S2/c9-6-3-5(1-2-7(6)10)17(14,15)13-8-12-11-4-16-8/h1-4H,10H2,(H,12,13). The highest BCUT2D eigenvalue weighted by atomic mass is 32.2. The van der Waals surface area contributed by atoms with Crippen LogP contribution in [0.5, 0.6) is 0 Å². The van der Waals surface area contributed by atoms with Crippen LogP contribution in [-0.2, 0) is 10.0 Å². The number of nitrogens with zero attached hydrogens (tertiary/aromatic N) is 2. The van der Waals surface area contributed by atoms with Gasteiger partial charge < -0.3 is 5.73 Å². The number of anilines is 2. The molecular weight excluding hydrogens is 267 g/mol. The van der Waals surface area contributed by atoms with E-state index in [1.54, 1.807) is 0 Å². The predicted molar refractivity (Wildman–Crippen MR) is 61.5 cm³/mol. The molecule has 6 nitrogen and oxygen atoms in total. The van der Waals surface area contributed by atoms with E-state index in [1.165, 1.54) is 17.6 Å². The zero-order valence-electron chi connectivity index (χ0n) is 8.29. The number of halogens is 1. The van der Waals surface area contributed by atoms with Gasteiger partial charge in [-0.1, -0.05) is 11.3 Å². The normalized spacial score (nSPS) is 11.4. The van der Waals surface area contributed by atoms with Crippen LogP contribution in [0.15, 0.2) is 28.6 Å². The summed E-state index contributed by atoms with van der Waals surface area (Å²) in [5.74, 6) is -0.787. The van der Waals surface area contributed by atoms with E-state index in [0.717, 1.165) is 17.4 Å². The average molecular weight is 274 g/mol. The van der Waals surface area contributed by atoms with E-state index in [1.807, 2.05) is 0 Å². The van der Waals surface area contributed by atoms with Gasteiger partial charge in [-0.3, -0.25) is 4.72 Å². The minimum Gasteiger partial charge on any atom is -0.396 e. The molecule has 17 heavy (non-hydrogen) atoms. The highest BCUT2D eigenvalue weighted by Crippen LogP contribution is 2.19. The lowest BCUT2D eigenvalue weighted by Gasteiger charge is -2.05. The molecule has 1 heterocycles. The van der Waals surface area contributed by atoms with Crippen molar-refractivity contribution in [2.24, 2.45) is 0 Å². The van der Waals surface area contributed by atoms with Crippen LogP contribution in [0.4, 0.5) is 15.2 Å². The number of nitrogen functional groups attached to an aromatic ring is 1. The molecule has 0 aliphatic heterocycles. The molecule has 1 aromatic carbocycles. The number of nitrogens with two attached hydrogens (primary N) is 1. The van der Waals surface area contributed by atoms with E-state index in [0.29, 0.717) is 0 Å². The Balaban J connectivity index is 2.35. The number of hydrogen-bond acceptors (Lipinski definition) is 6. The number of benzene rings is 1. The van der Waals surface area contributed by atoms with Crippen LogP contribution in [0.25, 0.3) is 0 Å². The first-order valence-corrected chi connectivity index (χ1v) is 6.69. The molecule has 9 heteroatoms. The van der Waals surface area contributed by atoms with Gasteiger partial charge in [-0.15, -0.1) is 10.2 Å². The molecule has 0 unspecified atom stereocenters. The third-order valence-electron chi connectivity index (χ3n) is 1.86. The summed E-state index contributed by atoms with van der Waals surface area (Å²) in [4.78, 5) is -0.223. The lowest BCUT2D eigenvalue weighted by molar-refractivity contribution is 0.596. The number of nitrogens with one attached hydrogen (secondary N) is 1. The summed E-state index contributed by atoms with van der Waals surface area (Å²) in [6.45, 7) is 0. The van der Waals surface area contributed by atoms with E-state index < -0.39 is 15.8 Å². The topological polar surface area (TPSA) is 98.0 Å². The van der Waals surface area contributed by atoms with Gasteiger partial charge in [0, 0.05) is 0 Å². The third-order valence-corrected chi connectivity index (χ3v) is 3.94. The molecule has 1 aromatic heterocycles. The van der Waals surface area contributed by atoms with Crippen LogP contribution < -0.4 is 10.5 Å². The van der Waals surface area contributed by atoms with Crippen LogP contribution >= 0.6 is 11.3 Å². The van der Waals surface area contributed by atoms with Gasteiger partial charge in [0.1, 0.15) is 11.3 Å². The minimum atomic E-state index is -3.86. The molecule has 90 valence electrons. The summed E-state index contributed by atoms with van der Waals surface area (Å²) in [5, 5.41) is 7.12. The van der Waals surface area contributed by atoms with Crippen LogP contribution in [0.3, 0.4) is 0 Å². The molecule has 0 bridgehead atoms. The van der Waals surface area contributed by atoms with E-state index >= 15 is 0 Å². The summed E-state index contributed by atoms with van der Waals surface area (Å²) in [6.07, 6.45) is 0.